The molecule has 34 heavy (non-hydrogen) atoms. The molecule has 180 valence electrons. The van der Waals surface area contributed by atoms with Crippen LogP contribution in [0.1, 0.15) is 42.3 Å². The van der Waals surface area contributed by atoms with Crippen LogP contribution in [0.2, 0.25) is 5.02 Å². The quantitative estimate of drug-likeness (QED) is 0.397. The first kappa shape index (κ1) is 25.6. The maximum Gasteiger partial charge on any atom is 0.263 e. The smallest absolute Gasteiger partial charge is 0.263 e. The molecule has 0 heterocycles. The number of aryl methyl sites for hydroxylation is 1. The van der Waals surface area contributed by atoms with Crippen molar-refractivity contribution in [3.8, 4) is 5.75 Å². The Morgan fingerprint density at radius 1 is 1.00 bits per heavy atom. The number of nitrogens with one attached hydrogen (secondary N) is 2. The van der Waals surface area contributed by atoms with Crippen LogP contribution in [0.4, 0.5) is 5.69 Å². The molecule has 6 nitrogen and oxygen atoms in total. The Balaban J connectivity index is 1.65. The summed E-state index contributed by atoms with van der Waals surface area (Å²) in [6.45, 7) is 8.76. The number of halogens is 1. The van der Waals surface area contributed by atoms with Gasteiger partial charge in [0, 0.05) is 11.3 Å². The number of carbonyl (C=O) groups is 1. The van der Waals surface area contributed by atoms with Gasteiger partial charge < -0.3 is 10.1 Å². The molecule has 3 aromatic carbocycles. The molecule has 0 spiro atoms. The summed E-state index contributed by atoms with van der Waals surface area (Å²) < 4.78 is 34.1. The summed E-state index contributed by atoms with van der Waals surface area (Å²) >= 11 is 6.15. The standard InChI is InChI=1S/C26H29ClN2O4S/c1-18-9-12-20(13-10-18)29-34(31,32)24-17-19(11-14-22(24)27)25(30)28-15-16-33-23-8-6-5-7-21(23)26(2,3)4/h5-14,17,29H,15-16H2,1-4H3,(H,28,30). The first-order valence-corrected chi connectivity index (χ1v) is 12.7. The lowest BCUT2D eigenvalue weighted by molar-refractivity contribution is 0.0946. The van der Waals surface area contributed by atoms with Crippen molar-refractivity contribution in [3.63, 3.8) is 0 Å². The van der Waals surface area contributed by atoms with E-state index in [1.165, 1.54) is 18.2 Å². The van der Waals surface area contributed by atoms with Crippen LogP contribution < -0.4 is 14.8 Å². The summed E-state index contributed by atoms with van der Waals surface area (Å²) in [5.41, 5.74) is 2.60. The average Bonchev–Trinajstić information content (AvgIpc) is 2.78. The molecule has 0 aliphatic rings. The molecule has 0 radical (unpaired) electrons. The van der Waals surface area contributed by atoms with Gasteiger partial charge in [0.05, 0.1) is 11.6 Å². The van der Waals surface area contributed by atoms with E-state index in [2.05, 4.69) is 30.8 Å². The monoisotopic (exact) mass is 500 g/mol. The van der Waals surface area contributed by atoms with Gasteiger partial charge in [-0.2, -0.15) is 0 Å². The Bertz CT molecular complexity index is 1270. The maximum absolute atomic E-state index is 12.9. The van der Waals surface area contributed by atoms with Crippen molar-refractivity contribution in [1.29, 1.82) is 0 Å². The van der Waals surface area contributed by atoms with Gasteiger partial charge in [-0.25, -0.2) is 8.42 Å². The van der Waals surface area contributed by atoms with Crippen molar-refractivity contribution in [3.05, 3.63) is 88.4 Å². The zero-order valence-corrected chi connectivity index (χ0v) is 21.3. The molecule has 0 unspecified atom stereocenters. The molecule has 0 aliphatic heterocycles. The van der Waals surface area contributed by atoms with Crippen molar-refractivity contribution in [2.75, 3.05) is 17.9 Å². The summed E-state index contributed by atoms with van der Waals surface area (Å²) in [5, 5.41) is 2.79. The van der Waals surface area contributed by atoms with Crippen LogP contribution in [0.3, 0.4) is 0 Å². The zero-order chi connectivity index (χ0) is 24.9. The number of anilines is 1. The molecule has 0 atom stereocenters. The summed E-state index contributed by atoms with van der Waals surface area (Å²) in [5.74, 6) is 0.350. The molecule has 1 amide bonds. The highest BCUT2D eigenvalue weighted by atomic mass is 35.5. The van der Waals surface area contributed by atoms with Gasteiger partial charge in [-0.3, -0.25) is 9.52 Å². The zero-order valence-electron chi connectivity index (χ0n) is 19.7. The van der Waals surface area contributed by atoms with Gasteiger partial charge in [-0.15, -0.1) is 0 Å². The second kappa shape index (κ2) is 10.5. The normalized spacial score (nSPS) is 11.7. The van der Waals surface area contributed by atoms with Crippen LogP contribution in [-0.4, -0.2) is 27.5 Å². The van der Waals surface area contributed by atoms with E-state index < -0.39 is 15.9 Å². The molecule has 0 saturated carbocycles. The maximum atomic E-state index is 12.9. The molecule has 0 aliphatic carbocycles. The number of hydrogen-bond donors (Lipinski definition) is 2. The van der Waals surface area contributed by atoms with Gasteiger partial charge in [-0.05, 0) is 54.3 Å². The van der Waals surface area contributed by atoms with E-state index in [0.29, 0.717) is 5.69 Å². The fourth-order valence-corrected chi connectivity index (χ4v) is 4.91. The van der Waals surface area contributed by atoms with Crippen LogP contribution >= 0.6 is 11.6 Å². The summed E-state index contributed by atoms with van der Waals surface area (Å²) in [6.07, 6.45) is 0. The average molecular weight is 501 g/mol. The van der Waals surface area contributed by atoms with Crippen molar-refractivity contribution in [2.45, 2.75) is 38.0 Å². The van der Waals surface area contributed by atoms with Gasteiger partial charge in [0.1, 0.15) is 17.3 Å². The Morgan fingerprint density at radius 3 is 2.35 bits per heavy atom. The summed E-state index contributed by atoms with van der Waals surface area (Å²) in [7, 11) is -3.98. The third-order valence-electron chi connectivity index (χ3n) is 5.13. The Morgan fingerprint density at radius 2 is 1.68 bits per heavy atom. The number of carbonyl (C=O) groups excluding carboxylic acids is 1. The van der Waals surface area contributed by atoms with Gasteiger partial charge in [-0.1, -0.05) is 68.3 Å². The third-order valence-corrected chi connectivity index (χ3v) is 6.99. The van der Waals surface area contributed by atoms with Crippen molar-refractivity contribution >= 4 is 33.2 Å². The topological polar surface area (TPSA) is 84.5 Å². The lowest BCUT2D eigenvalue weighted by atomic mass is 9.86. The Hall–Kier alpha value is -3.03. The van der Waals surface area contributed by atoms with Crippen LogP contribution in [0, 0.1) is 6.92 Å². The highest BCUT2D eigenvalue weighted by Crippen LogP contribution is 2.31. The lowest BCUT2D eigenvalue weighted by Crippen LogP contribution is -2.28. The van der Waals surface area contributed by atoms with Crippen molar-refractivity contribution in [1.82, 2.24) is 5.32 Å². The SMILES string of the molecule is Cc1ccc(NS(=O)(=O)c2cc(C(=O)NCCOc3ccccc3C(C)(C)C)ccc2Cl)cc1. The van der Waals surface area contributed by atoms with E-state index in [9.17, 15) is 13.2 Å². The second-order valence-electron chi connectivity index (χ2n) is 8.97. The number of amides is 1. The minimum atomic E-state index is -3.98. The number of benzene rings is 3. The number of hydrogen-bond acceptors (Lipinski definition) is 4. The van der Waals surface area contributed by atoms with Crippen LogP contribution in [0.5, 0.6) is 5.75 Å². The minimum absolute atomic E-state index is 0.0262. The molecule has 2 N–H and O–H groups in total. The van der Waals surface area contributed by atoms with E-state index in [1.54, 1.807) is 24.3 Å². The molecular formula is C26H29ClN2O4S. The van der Waals surface area contributed by atoms with E-state index in [1.807, 2.05) is 31.2 Å². The molecule has 0 aromatic heterocycles. The fraction of sp³-hybridized carbons (Fsp3) is 0.269. The largest absolute Gasteiger partial charge is 0.491 e. The molecule has 8 heteroatoms. The minimum Gasteiger partial charge on any atom is -0.491 e. The van der Waals surface area contributed by atoms with Crippen molar-refractivity contribution in [2.24, 2.45) is 0 Å². The third kappa shape index (κ3) is 6.52. The second-order valence-corrected chi connectivity index (χ2v) is 11.0. The Kier molecular flexibility index (Phi) is 7.89. The molecule has 0 bridgehead atoms. The predicted octanol–water partition coefficient (Wildman–Crippen LogP) is 5.56. The number of sulfonamides is 1. The van der Waals surface area contributed by atoms with E-state index >= 15 is 0 Å². The van der Waals surface area contributed by atoms with Crippen LogP contribution in [-0.2, 0) is 15.4 Å². The highest BCUT2D eigenvalue weighted by molar-refractivity contribution is 7.92. The molecule has 0 fully saturated rings. The van der Waals surface area contributed by atoms with Crippen LogP contribution in [0.25, 0.3) is 0 Å². The lowest BCUT2D eigenvalue weighted by Gasteiger charge is -2.22. The first-order valence-electron chi connectivity index (χ1n) is 10.9. The predicted molar refractivity (Wildman–Crippen MR) is 136 cm³/mol. The van der Waals surface area contributed by atoms with E-state index in [4.69, 9.17) is 16.3 Å². The van der Waals surface area contributed by atoms with E-state index in [0.717, 1.165) is 16.9 Å². The summed E-state index contributed by atoms with van der Waals surface area (Å²) in [4.78, 5) is 12.5. The van der Waals surface area contributed by atoms with Gasteiger partial charge >= 0.3 is 0 Å². The Labute approximate surface area is 206 Å². The van der Waals surface area contributed by atoms with Crippen LogP contribution in [0.15, 0.2) is 71.6 Å². The van der Waals surface area contributed by atoms with Gasteiger partial charge in [0.2, 0.25) is 0 Å². The first-order chi connectivity index (χ1) is 16.0. The fourth-order valence-electron chi connectivity index (χ4n) is 3.32. The van der Waals surface area contributed by atoms with Gasteiger partial charge in [0.25, 0.3) is 15.9 Å². The molecule has 3 rings (SSSR count). The van der Waals surface area contributed by atoms with E-state index in [-0.39, 0.29) is 34.0 Å². The van der Waals surface area contributed by atoms with Gasteiger partial charge in [0.15, 0.2) is 0 Å². The summed E-state index contributed by atoms with van der Waals surface area (Å²) in [6, 6.07) is 18.9. The number of ether oxygens (including phenoxy) is 1. The number of rotatable bonds is 8. The van der Waals surface area contributed by atoms with Crippen molar-refractivity contribution < 1.29 is 17.9 Å². The highest BCUT2D eigenvalue weighted by Gasteiger charge is 2.21. The molecule has 0 saturated heterocycles. The molecular weight excluding hydrogens is 472 g/mol. The molecule has 3 aromatic rings. The number of para-hydroxylation sites is 1.